The summed E-state index contributed by atoms with van der Waals surface area (Å²) in [7, 11) is -4.67. The number of nitrogens with two attached hydrogens (primary N) is 6. The second-order valence-electron chi connectivity index (χ2n) is 5.25. The van der Waals surface area contributed by atoms with Crippen LogP contribution in [0.3, 0.4) is 0 Å². The lowest BCUT2D eigenvalue weighted by atomic mass is 10.4. The van der Waals surface area contributed by atoms with E-state index < -0.39 is 10.4 Å². The van der Waals surface area contributed by atoms with Crippen molar-refractivity contribution in [1.82, 2.24) is 19.9 Å². The molecule has 19 heteroatoms. The van der Waals surface area contributed by atoms with Crippen LogP contribution in [-0.4, -0.2) is 49.4 Å². The number of nitrogens with zero attached hydrogens (tertiary/aromatic N) is 6. The summed E-state index contributed by atoms with van der Waals surface area (Å²) in [4.78, 5) is 15.4. The molecule has 31 heavy (non-hydrogen) atoms. The number of nitrogens with one attached hydrogen (secondary N) is 2. The Bertz CT molecular complexity index is 902. The van der Waals surface area contributed by atoms with Crippen LogP contribution in [-0.2, 0) is 10.4 Å². The number of guanidine groups is 2. The smallest absolute Gasteiger partial charge is 0.369 e. The Balaban J connectivity index is 0.000000479. The van der Waals surface area contributed by atoms with Gasteiger partial charge in [-0.15, -0.1) is 10.2 Å². The fourth-order valence-electron chi connectivity index (χ4n) is 1.54. The zero-order valence-corrected chi connectivity index (χ0v) is 17.2. The molecular formula is C12H24N14O4S. The molecule has 0 aliphatic carbocycles. The van der Waals surface area contributed by atoms with Crippen LogP contribution in [0.4, 0.5) is 23.5 Å². The molecule has 0 saturated heterocycles. The molecule has 0 aliphatic heterocycles. The van der Waals surface area contributed by atoms with Gasteiger partial charge in [0, 0.05) is 23.5 Å². The molecule has 0 atom stereocenters. The first-order valence-corrected chi connectivity index (χ1v) is 9.17. The molecule has 18 nitrogen and oxygen atoms in total. The van der Waals surface area contributed by atoms with Crippen molar-refractivity contribution >= 4 is 45.9 Å². The highest BCUT2D eigenvalue weighted by Gasteiger charge is 1.97. The van der Waals surface area contributed by atoms with Gasteiger partial charge in [-0.25, -0.2) is 9.97 Å². The fraction of sp³-hybridized carbons (Fsp3) is 0.167. The van der Waals surface area contributed by atoms with Crippen LogP contribution >= 0.6 is 0 Å². The van der Waals surface area contributed by atoms with Gasteiger partial charge in [0.2, 0.25) is 23.8 Å². The third kappa shape index (κ3) is 16.4. The molecule has 172 valence electrons. The van der Waals surface area contributed by atoms with E-state index in [4.69, 9.17) is 51.9 Å². The first-order valence-electron chi connectivity index (χ1n) is 7.77. The number of hydrogen-bond donors (Lipinski definition) is 10. The molecule has 2 aromatic rings. The highest BCUT2D eigenvalue weighted by molar-refractivity contribution is 7.79. The zero-order valence-electron chi connectivity index (χ0n) is 16.4. The Morgan fingerprint density at radius 3 is 1.32 bits per heavy atom. The summed E-state index contributed by atoms with van der Waals surface area (Å²) in [6, 6.07) is 3.34. The number of aromatic nitrogens is 4. The van der Waals surface area contributed by atoms with E-state index >= 15 is 0 Å². The summed E-state index contributed by atoms with van der Waals surface area (Å²) in [6.07, 6.45) is 0. The van der Waals surface area contributed by atoms with E-state index in [0.29, 0.717) is 11.6 Å². The van der Waals surface area contributed by atoms with Crippen LogP contribution in [0.2, 0.25) is 0 Å². The van der Waals surface area contributed by atoms with E-state index in [0.717, 1.165) is 11.4 Å². The van der Waals surface area contributed by atoms with Crippen LogP contribution in [0.25, 0.3) is 0 Å². The molecule has 0 radical (unpaired) electrons. The van der Waals surface area contributed by atoms with E-state index in [1.165, 1.54) is 0 Å². The summed E-state index contributed by atoms with van der Waals surface area (Å²) >= 11 is 0. The number of hydrazone groups is 2. The number of aryl methyl sites for hydroxylation is 2. The monoisotopic (exact) mass is 460 g/mol. The van der Waals surface area contributed by atoms with Crippen molar-refractivity contribution < 1.29 is 17.5 Å². The van der Waals surface area contributed by atoms with Crippen molar-refractivity contribution in [3.05, 3.63) is 23.5 Å². The second kappa shape index (κ2) is 12.4. The van der Waals surface area contributed by atoms with E-state index in [2.05, 4.69) is 41.0 Å². The first kappa shape index (κ1) is 26.8. The Labute approximate surface area is 176 Å². The van der Waals surface area contributed by atoms with Crippen LogP contribution in [0.15, 0.2) is 22.3 Å². The molecule has 0 fully saturated rings. The van der Waals surface area contributed by atoms with Crippen molar-refractivity contribution in [2.45, 2.75) is 13.8 Å². The Morgan fingerprint density at radius 1 is 0.806 bits per heavy atom. The zero-order chi connectivity index (χ0) is 24.2. The summed E-state index contributed by atoms with van der Waals surface area (Å²) < 4.78 is 31.6. The van der Waals surface area contributed by atoms with E-state index in [1.807, 2.05) is 0 Å². The molecule has 0 spiro atoms. The van der Waals surface area contributed by atoms with Crippen LogP contribution < -0.4 is 45.3 Å². The lowest BCUT2D eigenvalue weighted by Crippen LogP contribution is -2.24. The fourth-order valence-corrected chi connectivity index (χ4v) is 1.54. The average molecular weight is 460 g/mol. The van der Waals surface area contributed by atoms with Crippen molar-refractivity contribution in [1.29, 1.82) is 0 Å². The molecule has 2 aromatic heterocycles. The SMILES string of the molecule is Cc1cc(NN=C(N)N)nc(N)n1.Cc1cc(NN=C(N)N)nc(N)n1.O=S(=O)(O)O. The molecule has 0 aromatic carbocycles. The molecule has 0 amide bonds. The van der Waals surface area contributed by atoms with Crippen molar-refractivity contribution in [2.75, 3.05) is 22.3 Å². The standard InChI is InChI=1S/2C6H11N7.H2O4S/c2*1-3-2-4(11-6(9)10-3)12-13-5(7)8;1-5(2,3)4/h2*2H,1H3,(H4,7,8,13)(H3,9,10,11,12);(H2,1,2,3,4). The van der Waals surface area contributed by atoms with Gasteiger partial charge in [0.25, 0.3) is 0 Å². The highest BCUT2D eigenvalue weighted by atomic mass is 32.3. The summed E-state index contributed by atoms with van der Waals surface area (Å²) in [5.41, 5.74) is 37.8. The van der Waals surface area contributed by atoms with Crippen molar-refractivity contribution in [3.63, 3.8) is 0 Å². The Morgan fingerprint density at radius 2 is 1.10 bits per heavy atom. The summed E-state index contributed by atoms with van der Waals surface area (Å²) in [5.74, 6) is 1.11. The van der Waals surface area contributed by atoms with Crippen LogP contribution in [0, 0.1) is 13.8 Å². The van der Waals surface area contributed by atoms with Gasteiger partial charge in [-0.3, -0.25) is 20.0 Å². The third-order valence-electron chi connectivity index (χ3n) is 2.34. The highest BCUT2D eigenvalue weighted by Crippen LogP contribution is 2.07. The Kier molecular flexibility index (Phi) is 10.7. The number of rotatable bonds is 4. The molecule has 0 saturated carbocycles. The first-order chi connectivity index (χ1) is 14.2. The van der Waals surface area contributed by atoms with Gasteiger partial charge < -0.3 is 34.4 Å². The van der Waals surface area contributed by atoms with Gasteiger partial charge in [-0.1, -0.05) is 0 Å². The normalized spacial score (nSPS) is 9.68. The minimum atomic E-state index is -4.67. The lowest BCUT2D eigenvalue weighted by molar-refractivity contribution is 0.381. The van der Waals surface area contributed by atoms with Gasteiger partial charge in [0.1, 0.15) is 0 Å². The van der Waals surface area contributed by atoms with E-state index in [1.54, 1.807) is 26.0 Å². The quantitative estimate of drug-likeness (QED) is 0.0957. The molecule has 0 aliphatic rings. The van der Waals surface area contributed by atoms with E-state index in [9.17, 15) is 0 Å². The Hall–Kier alpha value is -4.23. The number of nitrogen functional groups attached to an aromatic ring is 2. The topological polar surface area (TPSA) is 331 Å². The molecule has 0 bridgehead atoms. The van der Waals surface area contributed by atoms with Crippen molar-refractivity contribution in [3.8, 4) is 0 Å². The van der Waals surface area contributed by atoms with Crippen molar-refractivity contribution in [2.24, 2.45) is 33.1 Å². The van der Waals surface area contributed by atoms with Gasteiger partial charge in [0.15, 0.2) is 11.6 Å². The maximum atomic E-state index is 8.74. The van der Waals surface area contributed by atoms with Gasteiger partial charge >= 0.3 is 10.4 Å². The largest absolute Gasteiger partial charge is 0.394 e. The number of hydrogen-bond acceptors (Lipinski definition) is 12. The maximum absolute atomic E-state index is 8.74. The molecule has 0 unspecified atom stereocenters. The predicted molar refractivity (Wildman–Crippen MR) is 115 cm³/mol. The summed E-state index contributed by atoms with van der Waals surface area (Å²) in [6.45, 7) is 3.58. The molecule has 2 rings (SSSR count). The number of anilines is 4. The molecule has 2 heterocycles. The third-order valence-corrected chi connectivity index (χ3v) is 2.34. The van der Waals surface area contributed by atoms with E-state index in [-0.39, 0.29) is 23.8 Å². The predicted octanol–water partition coefficient (Wildman–Crippen LogP) is -2.72. The second-order valence-corrected chi connectivity index (χ2v) is 6.15. The lowest BCUT2D eigenvalue weighted by Gasteiger charge is -2.01. The van der Waals surface area contributed by atoms with Gasteiger partial charge in [-0.2, -0.15) is 18.4 Å². The van der Waals surface area contributed by atoms with Gasteiger partial charge in [-0.05, 0) is 13.8 Å². The average Bonchev–Trinajstić information content (AvgIpc) is 2.56. The maximum Gasteiger partial charge on any atom is 0.394 e. The summed E-state index contributed by atoms with van der Waals surface area (Å²) in [5, 5.41) is 7.11. The van der Waals surface area contributed by atoms with Crippen LogP contribution in [0.1, 0.15) is 11.4 Å². The minimum absolute atomic E-state index is 0.0742. The van der Waals surface area contributed by atoms with Crippen LogP contribution in [0.5, 0.6) is 0 Å². The molecule has 16 N–H and O–H groups in total. The molecular weight excluding hydrogens is 436 g/mol. The minimum Gasteiger partial charge on any atom is -0.369 e. The van der Waals surface area contributed by atoms with Gasteiger partial charge in [0.05, 0.1) is 0 Å².